The first-order chi connectivity index (χ1) is 4.75. The minimum absolute atomic E-state index is 0.333. The van der Waals surface area contributed by atoms with E-state index in [0.29, 0.717) is 17.9 Å². The van der Waals surface area contributed by atoms with Crippen LogP contribution in [0.3, 0.4) is 0 Å². The van der Waals surface area contributed by atoms with Crippen LogP contribution in [0.15, 0.2) is 0 Å². The van der Waals surface area contributed by atoms with Crippen LogP contribution < -0.4 is 0 Å². The largest absolute Gasteiger partial charge is 0.382 e. The Bertz CT molecular complexity index is 101. The molecule has 0 N–H and O–H groups in total. The maximum atomic E-state index is 5.49. The molecule has 1 fully saturated rings. The molecule has 0 saturated carbocycles. The minimum Gasteiger partial charge on any atom is -0.382 e. The van der Waals surface area contributed by atoms with Crippen LogP contribution in [-0.4, -0.2) is 26.4 Å². The van der Waals surface area contributed by atoms with Gasteiger partial charge >= 0.3 is 0 Å². The summed E-state index contributed by atoms with van der Waals surface area (Å²) in [5.74, 6) is 1.35. The summed E-state index contributed by atoms with van der Waals surface area (Å²) in [7, 11) is 1.72. The molecule has 0 aromatic heterocycles. The van der Waals surface area contributed by atoms with E-state index in [1.54, 1.807) is 7.11 Å². The van der Waals surface area contributed by atoms with Gasteiger partial charge in [-0.2, -0.15) is 0 Å². The molecule has 0 spiro atoms. The summed E-state index contributed by atoms with van der Waals surface area (Å²) in [6.45, 7) is 6.09. The second kappa shape index (κ2) is 3.35. The van der Waals surface area contributed by atoms with E-state index in [-0.39, 0.29) is 0 Å². The molecule has 60 valence electrons. The zero-order chi connectivity index (χ0) is 7.56. The molecule has 2 nitrogen and oxygen atoms in total. The van der Waals surface area contributed by atoms with E-state index in [0.717, 1.165) is 13.2 Å². The van der Waals surface area contributed by atoms with Gasteiger partial charge in [0.2, 0.25) is 0 Å². The van der Waals surface area contributed by atoms with Crippen LogP contribution >= 0.6 is 0 Å². The number of ether oxygens (including phenoxy) is 2. The molecule has 3 atom stereocenters. The summed E-state index contributed by atoms with van der Waals surface area (Å²) in [6.07, 6.45) is 0.333. The second-order valence-electron chi connectivity index (χ2n) is 3.16. The Morgan fingerprint density at radius 3 is 2.60 bits per heavy atom. The Hall–Kier alpha value is -0.0800. The first-order valence-corrected chi connectivity index (χ1v) is 3.86. The zero-order valence-corrected chi connectivity index (χ0v) is 6.96. The normalized spacial score (nSPS) is 40.5. The fourth-order valence-electron chi connectivity index (χ4n) is 1.31. The third-order valence-electron chi connectivity index (χ3n) is 2.39. The third kappa shape index (κ3) is 1.50. The number of hydrogen-bond acceptors (Lipinski definition) is 2. The molecule has 1 rings (SSSR count). The van der Waals surface area contributed by atoms with Gasteiger partial charge in [-0.05, 0) is 11.8 Å². The van der Waals surface area contributed by atoms with Crippen molar-refractivity contribution < 1.29 is 9.47 Å². The summed E-state index contributed by atoms with van der Waals surface area (Å²) >= 11 is 0. The first-order valence-electron chi connectivity index (χ1n) is 3.86. The van der Waals surface area contributed by atoms with E-state index < -0.39 is 0 Å². The quantitative estimate of drug-likeness (QED) is 0.581. The lowest BCUT2D eigenvalue weighted by atomic mass is 9.95. The van der Waals surface area contributed by atoms with Crippen LogP contribution in [0.5, 0.6) is 0 Å². The van der Waals surface area contributed by atoms with Gasteiger partial charge in [0.25, 0.3) is 0 Å². The SMILES string of the molecule is COCC1OCC(C)C1C. The second-order valence-corrected chi connectivity index (χ2v) is 3.16. The third-order valence-corrected chi connectivity index (χ3v) is 2.39. The van der Waals surface area contributed by atoms with E-state index >= 15 is 0 Å². The summed E-state index contributed by atoms with van der Waals surface area (Å²) in [5, 5.41) is 0. The summed E-state index contributed by atoms with van der Waals surface area (Å²) in [5.41, 5.74) is 0. The van der Waals surface area contributed by atoms with E-state index in [9.17, 15) is 0 Å². The van der Waals surface area contributed by atoms with Crippen LogP contribution in [-0.2, 0) is 9.47 Å². The Labute approximate surface area is 62.5 Å². The lowest BCUT2D eigenvalue weighted by molar-refractivity contribution is 0.0234. The van der Waals surface area contributed by atoms with Crippen LogP contribution in [0.2, 0.25) is 0 Å². The highest BCUT2D eigenvalue weighted by Crippen LogP contribution is 2.25. The fourth-order valence-corrected chi connectivity index (χ4v) is 1.31. The maximum Gasteiger partial charge on any atom is 0.0837 e. The van der Waals surface area contributed by atoms with Crippen LogP contribution in [0, 0.1) is 11.8 Å². The van der Waals surface area contributed by atoms with Crippen molar-refractivity contribution in [3.8, 4) is 0 Å². The molecule has 1 saturated heterocycles. The Balaban J connectivity index is 2.33. The molecular weight excluding hydrogens is 128 g/mol. The van der Waals surface area contributed by atoms with Gasteiger partial charge < -0.3 is 9.47 Å². The number of rotatable bonds is 2. The Kier molecular flexibility index (Phi) is 2.69. The Morgan fingerprint density at radius 1 is 1.50 bits per heavy atom. The summed E-state index contributed by atoms with van der Waals surface area (Å²) < 4.78 is 10.5. The van der Waals surface area contributed by atoms with Gasteiger partial charge in [-0.3, -0.25) is 0 Å². The lowest BCUT2D eigenvalue weighted by Gasteiger charge is -2.14. The molecule has 0 bridgehead atoms. The molecule has 0 aliphatic carbocycles. The molecular formula is C8H16O2. The van der Waals surface area contributed by atoms with Crippen LogP contribution in [0.25, 0.3) is 0 Å². The topological polar surface area (TPSA) is 18.5 Å². The monoisotopic (exact) mass is 144 g/mol. The average molecular weight is 144 g/mol. The van der Waals surface area contributed by atoms with E-state index in [1.807, 2.05) is 0 Å². The smallest absolute Gasteiger partial charge is 0.0837 e. The standard InChI is InChI=1S/C8H16O2/c1-6-4-10-8(5-9-3)7(6)2/h6-8H,4-5H2,1-3H3. The molecule has 1 aliphatic heterocycles. The van der Waals surface area contributed by atoms with E-state index in [4.69, 9.17) is 9.47 Å². The van der Waals surface area contributed by atoms with Crippen LogP contribution in [0.1, 0.15) is 13.8 Å². The number of methoxy groups -OCH3 is 1. The molecule has 3 unspecified atom stereocenters. The fraction of sp³-hybridized carbons (Fsp3) is 1.00. The Morgan fingerprint density at radius 2 is 2.20 bits per heavy atom. The molecule has 0 amide bonds. The van der Waals surface area contributed by atoms with Gasteiger partial charge in [0.15, 0.2) is 0 Å². The van der Waals surface area contributed by atoms with Crippen molar-refractivity contribution >= 4 is 0 Å². The number of hydrogen-bond donors (Lipinski definition) is 0. The lowest BCUT2D eigenvalue weighted by Crippen LogP contribution is -2.21. The van der Waals surface area contributed by atoms with Crippen molar-refractivity contribution in [2.75, 3.05) is 20.3 Å². The molecule has 0 aromatic rings. The average Bonchev–Trinajstić information content (AvgIpc) is 2.20. The first kappa shape index (κ1) is 8.02. The maximum absolute atomic E-state index is 5.49. The van der Waals surface area contributed by atoms with Gasteiger partial charge in [-0.1, -0.05) is 13.8 Å². The molecule has 0 aromatic carbocycles. The molecule has 0 radical (unpaired) electrons. The van der Waals surface area contributed by atoms with E-state index in [1.165, 1.54) is 0 Å². The molecule has 1 aliphatic rings. The highest BCUT2D eigenvalue weighted by molar-refractivity contribution is 4.77. The predicted octanol–water partition coefficient (Wildman–Crippen LogP) is 1.30. The minimum atomic E-state index is 0.333. The molecule has 10 heavy (non-hydrogen) atoms. The van der Waals surface area contributed by atoms with Crippen molar-refractivity contribution in [2.45, 2.75) is 20.0 Å². The van der Waals surface area contributed by atoms with Crippen molar-refractivity contribution in [2.24, 2.45) is 11.8 Å². The summed E-state index contributed by atoms with van der Waals surface area (Å²) in [6, 6.07) is 0. The highest BCUT2D eigenvalue weighted by Gasteiger charge is 2.30. The molecule has 1 heterocycles. The van der Waals surface area contributed by atoms with Gasteiger partial charge in [0.05, 0.1) is 12.7 Å². The summed E-state index contributed by atoms with van der Waals surface area (Å²) in [4.78, 5) is 0. The van der Waals surface area contributed by atoms with Gasteiger partial charge in [0, 0.05) is 13.7 Å². The van der Waals surface area contributed by atoms with Crippen molar-refractivity contribution in [3.63, 3.8) is 0 Å². The van der Waals surface area contributed by atoms with Crippen molar-refractivity contribution in [3.05, 3.63) is 0 Å². The molecule has 2 heteroatoms. The van der Waals surface area contributed by atoms with Crippen molar-refractivity contribution in [1.82, 2.24) is 0 Å². The zero-order valence-electron chi connectivity index (χ0n) is 6.96. The van der Waals surface area contributed by atoms with E-state index in [2.05, 4.69) is 13.8 Å². The van der Waals surface area contributed by atoms with Crippen LogP contribution in [0.4, 0.5) is 0 Å². The van der Waals surface area contributed by atoms with Gasteiger partial charge in [0.1, 0.15) is 0 Å². The van der Waals surface area contributed by atoms with Gasteiger partial charge in [-0.25, -0.2) is 0 Å². The van der Waals surface area contributed by atoms with Gasteiger partial charge in [-0.15, -0.1) is 0 Å². The predicted molar refractivity (Wildman–Crippen MR) is 39.9 cm³/mol. The highest BCUT2D eigenvalue weighted by atomic mass is 16.5. The van der Waals surface area contributed by atoms with Crippen molar-refractivity contribution in [1.29, 1.82) is 0 Å².